The van der Waals surface area contributed by atoms with Crippen molar-refractivity contribution in [1.29, 1.82) is 0 Å². The summed E-state index contributed by atoms with van der Waals surface area (Å²) in [6.45, 7) is 4.22. The van der Waals surface area contributed by atoms with Gasteiger partial charge >= 0.3 is 0 Å². The number of carbonyl (C=O) groups is 1. The van der Waals surface area contributed by atoms with Gasteiger partial charge in [0, 0.05) is 33.1 Å². The first-order chi connectivity index (χ1) is 11.7. The largest absolute Gasteiger partial charge is 0.342 e. The molecule has 0 radical (unpaired) electrons. The van der Waals surface area contributed by atoms with Crippen molar-refractivity contribution in [3.63, 3.8) is 0 Å². The van der Waals surface area contributed by atoms with Gasteiger partial charge < -0.3 is 10.6 Å². The van der Waals surface area contributed by atoms with Crippen LogP contribution < -0.4 is 5.73 Å². The highest BCUT2D eigenvalue weighted by molar-refractivity contribution is 7.89. The number of likely N-dealkylation sites (tertiary alicyclic amines) is 1. The number of hydrogen-bond acceptors (Lipinski definition) is 4. The van der Waals surface area contributed by atoms with Crippen molar-refractivity contribution in [2.45, 2.75) is 31.1 Å². The topological polar surface area (TPSA) is 83.7 Å². The van der Waals surface area contributed by atoms with Gasteiger partial charge in [0.1, 0.15) is 5.82 Å². The predicted molar refractivity (Wildman–Crippen MR) is 93.8 cm³/mol. The molecule has 2 rings (SSSR count). The lowest BCUT2D eigenvalue weighted by Crippen LogP contribution is -2.35. The summed E-state index contributed by atoms with van der Waals surface area (Å²) < 4.78 is 38.9. The molecule has 1 unspecified atom stereocenters. The van der Waals surface area contributed by atoms with Crippen LogP contribution in [0, 0.1) is 11.2 Å². The van der Waals surface area contributed by atoms with Crippen molar-refractivity contribution >= 4 is 15.9 Å². The molecule has 0 aliphatic carbocycles. The standard InChI is InChI=1S/C17H26FN3O3S/c1-17(12-19)9-11-21(13-17)16(22)4-3-10-20(2)25(23,24)15-7-5-14(18)6-8-15/h5-8H,3-4,9-13,19H2,1-2H3. The molecule has 25 heavy (non-hydrogen) atoms. The fraction of sp³-hybridized carbons (Fsp3) is 0.588. The first-order valence-electron chi connectivity index (χ1n) is 8.38. The van der Waals surface area contributed by atoms with Gasteiger partial charge in [-0.25, -0.2) is 17.1 Å². The number of carbonyl (C=O) groups excluding carboxylic acids is 1. The lowest BCUT2D eigenvalue weighted by atomic mass is 9.90. The second kappa shape index (κ2) is 7.80. The van der Waals surface area contributed by atoms with Crippen molar-refractivity contribution in [1.82, 2.24) is 9.21 Å². The second-order valence-electron chi connectivity index (χ2n) is 6.96. The molecule has 1 aromatic rings. The number of rotatable bonds is 7. The van der Waals surface area contributed by atoms with Crippen LogP contribution in [0.2, 0.25) is 0 Å². The molecule has 1 aliphatic rings. The highest BCUT2D eigenvalue weighted by Gasteiger charge is 2.34. The lowest BCUT2D eigenvalue weighted by molar-refractivity contribution is -0.130. The molecule has 1 aromatic carbocycles. The Balaban J connectivity index is 1.85. The molecule has 140 valence electrons. The Labute approximate surface area is 148 Å². The minimum absolute atomic E-state index is 0.0155. The van der Waals surface area contributed by atoms with E-state index in [2.05, 4.69) is 6.92 Å². The normalized spacial score (nSPS) is 21.1. The Hall–Kier alpha value is -1.51. The SMILES string of the molecule is CN(CCCC(=O)N1CCC(C)(CN)C1)S(=O)(=O)c1ccc(F)cc1. The minimum atomic E-state index is -3.67. The first-order valence-corrected chi connectivity index (χ1v) is 9.82. The molecule has 1 amide bonds. The smallest absolute Gasteiger partial charge is 0.242 e. The second-order valence-corrected chi connectivity index (χ2v) is 9.01. The molecule has 1 atom stereocenters. The summed E-state index contributed by atoms with van der Waals surface area (Å²) in [5, 5.41) is 0. The van der Waals surface area contributed by atoms with Gasteiger partial charge in [0.05, 0.1) is 4.90 Å². The van der Waals surface area contributed by atoms with E-state index in [1.807, 2.05) is 0 Å². The number of sulfonamides is 1. The molecule has 1 aliphatic heterocycles. The average Bonchev–Trinajstić information content (AvgIpc) is 2.98. The number of nitrogens with zero attached hydrogens (tertiary/aromatic N) is 2. The van der Waals surface area contributed by atoms with E-state index in [0.29, 0.717) is 32.5 Å². The predicted octanol–water partition coefficient (Wildman–Crippen LogP) is 1.42. The van der Waals surface area contributed by atoms with Crippen LogP contribution in [-0.2, 0) is 14.8 Å². The van der Waals surface area contributed by atoms with Crippen molar-refractivity contribution < 1.29 is 17.6 Å². The Kier molecular flexibility index (Phi) is 6.18. The van der Waals surface area contributed by atoms with Gasteiger partial charge in [-0.05, 0) is 49.1 Å². The van der Waals surface area contributed by atoms with Crippen LogP contribution >= 0.6 is 0 Å². The van der Waals surface area contributed by atoms with Crippen LogP contribution in [0.1, 0.15) is 26.2 Å². The number of hydrogen-bond donors (Lipinski definition) is 1. The summed E-state index contributed by atoms with van der Waals surface area (Å²) in [5.41, 5.74) is 5.73. The molecule has 6 nitrogen and oxygen atoms in total. The van der Waals surface area contributed by atoms with Crippen molar-refractivity contribution in [3.05, 3.63) is 30.1 Å². The number of benzene rings is 1. The zero-order valence-electron chi connectivity index (χ0n) is 14.7. The first kappa shape index (κ1) is 19.8. The quantitative estimate of drug-likeness (QED) is 0.786. The van der Waals surface area contributed by atoms with Gasteiger partial charge in [-0.15, -0.1) is 0 Å². The fourth-order valence-corrected chi connectivity index (χ4v) is 4.13. The van der Waals surface area contributed by atoms with Crippen LogP contribution in [0.4, 0.5) is 4.39 Å². The zero-order chi connectivity index (χ0) is 18.7. The third kappa shape index (κ3) is 4.77. The molecular formula is C17H26FN3O3S. The van der Waals surface area contributed by atoms with E-state index in [9.17, 15) is 17.6 Å². The highest BCUT2D eigenvalue weighted by Crippen LogP contribution is 2.29. The number of halogens is 1. The van der Waals surface area contributed by atoms with E-state index in [1.165, 1.54) is 23.5 Å². The molecule has 0 spiro atoms. The summed E-state index contributed by atoms with van der Waals surface area (Å²) in [5.74, 6) is -0.452. The van der Waals surface area contributed by atoms with Gasteiger partial charge in [0.2, 0.25) is 15.9 Å². The van der Waals surface area contributed by atoms with E-state index < -0.39 is 15.8 Å². The third-order valence-corrected chi connectivity index (χ3v) is 6.66. The number of amides is 1. The van der Waals surface area contributed by atoms with Crippen molar-refractivity contribution in [3.8, 4) is 0 Å². The maximum atomic E-state index is 12.9. The lowest BCUT2D eigenvalue weighted by Gasteiger charge is -2.23. The molecule has 0 saturated carbocycles. The summed E-state index contributed by atoms with van der Waals surface area (Å²) in [4.78, 5) is 14.1. The van der Waals surface area contributed by atoms with Crippen molar-refractivity contribution in [2.24, 2.45) is 11.1 Å². The summed E-state index contributed by atoms with van der Waals surface area (Å²) in [6.07, 6.45) is 1.63. The molecule has 1 heterocycles. The molecular weight excluding hydrogens is 345 g/mol. The van der Waals surface area contributed by atoms with Crippen molar-refractivity contribution in [2.75, 3.05) is 33.2 Å². The molecule has 1 fully saturated rings. The molecule has 0 aromatic heterocycles. The molecule has 2 N–H and O–H groups in total. The number of nitrogens with two attached hydrogens (primary N) is 1. The zero-order valence-corrected chi connectivity index (χ0v) is 15.6. The monoisotopic (exact) mass is 371 g/mol. The van der Waals surface area contributed by atoms with Gasteiger partial charge in [0.15, 0.2) is 0 Å². The summed E-state index contributed by atoms with van der Waals surface area (Å²) in [6, 6.07) is 4.71. The van der Waals surface area contributed by atoms with Crippen LogP contribution in [0.15, 0.2) is 29.2 Å². The average molecular weight is 371 g/mol. The van der Waals surface area contributed by atoms with E-state index in [1.54, 1.807) is 4.90 Å². The summed E-state index contributed by atoms with van der Waals surface area (Å²) >= 11 is 0. The van der Waals surface area contributed by atoms with Gasteiger partial charge in [-0.2, -0.15) is 0 Å². The van der Waals surface area contributed by atoms with E-state index in [0.717, 1.165) is 18.6 Å². The van der Waals surface area contributed by atoms with Gasteiger partial charge in [-0.1, -0.05) is 6.92 Å². The van der Waals surface area contributed by atoms with Crippen LogP contribution in [0.25, 0.3) is 0 Å². The van der Waals surface area contributed by atoms with Crippen LogP contribution in [-0.4, -0.2) is 56.8 Å². The Morgan fingerprint density at radius 3 is 2.56 bits per heavy atom. The molecule has 0 bridgehead atoms. The van der Waals surface area contributed by atoms with Crippen LogP contribution in [0.3, 0.4) is 0 Å². The fourth-order valence-electron chi connectivity index (χ4n) is 2.92. The Bertz CT molecular complexity index is 708. The highest BCUT2D eigenvalue weighted by atomic mass is 32.2. The maximum Gasteiger partial charge on any atom is 0.242 e. The Morgan fingerprint density at radius 1 is 1.36 bits per heavy atom. The van der Waals surface area contributed by atoms with E-state index in [-0.39, 0.29) is 22.8 Å². The third-order valence-electron chi connectivity index (χ3n) is 4.79. The van der Waals surface area contributed by atoms with Gasteiger partial charge in [-0.3, -0.25) is 4.79 Å². The maximum absolute atomic E-state index is 12.9. The van der Waals surface area contributed by atoms with Gasteiger partial charge in [0.25, 0.3) is 0 Å². The minimum Gasteiger partial charge on any atom is -0.342 e. The Morgan fingerprint density at radius 2 is 2.00 bits per heavy atom. The van der Waals surface area contributed by atoms with E-state index >= 15 is 0 Å². The summed E-state index contributed by atoms with van der Waals surface area (Å²) in [7, 11) is -2.21. The molecule has 8 heteroatoms. The molecule has 1 saturated heterocycles. The van der Waals surface area contributed by atoms with E-state index in [4.69, 9.17) is 5.73 Å². The van der Waals surface area contributed by atoms with Crippen LogP contribution in [0.5, 0.6) is 0 Å².